The first-order chi connectivity index (χ1) is 17.4. The van der Waals surface area contributed by atoms with Gasteiger partial charge in [0.05, 0.1) is 18.6 Å². The molecule has 1 aromatic heterocycles. The highest BCUT2D eigenvalue weighted by Gasteiger charge is 2.66. The van der Waals surface area contributed by atoms with Crippen LogP contribution < -0.4 is 4.74 Å². The Morgan fingerprint density at radius 3 is 2.94 bits per heavy atom. The van der Waals surface area contributed by atoms with Crippen LogP contribution in [0.3, 0.4) is 0 Å². The van der Waals surface area contributed by atoms with Crippen molar-refractivity contribution in [3.8, 4) is 11.5 Å². The predicted octanol–water partition coefficient (Wildman–Crippen LogP) is 4.78. The molecule has 2 fully saturated rings. The first-order valence-electron chi connectivity index (χ1n) is 13.3. The zero-order chi connectivity index (χ0) is 25.0. The van der Waals surface area contributed by atoms with E-state index in [4.69, 9.17) is 9.15 Å². The smallest absolute Gasteiger partial charge is 0.246 e. The second-order valence-corrected chi connectivity index (χ2v) is 11.3. The van der Waals surface area contributed by atoms with Crippen molar-refractivity contribution < 1.29 is 19.1 Å². The minimum absolute atomic E-state index is 0.0164. The summed E-state index contributed by atoms with van der Waals surface area (Å²) in [6.45, 7) is 10.8. The summed E-state index contributed by atoms with van der Waals surface area (Å²) in [6.07, 6.45) is 12.4. The Labute approximate surface area is 213 Å². The van der Waals surface area contributed by atoms with Gasteiger partial charge in [0.15, 0.2) is 0 Å². The van der Waals surface area contributed by atoms with Crippen molar-refractivity contribution in [2.45, 2.75) is 63.1 Å². The second-order valence-electron chi connectivity index (χ2n) is 11.3. The molecular weight excluding hydrogens is 452 g/mol. The van der Waals surface area contributed by atoms with Crippen LogP contribution in [0.25, 0.3) is 6.08 Å². The van der Waals surface area contributed by atoms with Crippen LogP contribution in [0, 0.1) is 11.8 Å². The molecule has 2 aliphatic heterocycles. The van der Waals surface area contributed by atoms with Crippen molar-refractivity contribution >= 4 is 12.0 Å². The number of hydrogen-bond acceptors (Lipinski definition) is 5. The molecule has 190 valence electrons. The van der Waals surface area contributed by atoms with Gasteiger partial charge in [-0.3, -0.25) is 9.69 Å². The lowest BCUT2D eigenvalue weighted by molar-refractivity contribution is -0.138. The fraction of sp³-hybridized carbons (Fsp3) is 0.500. The number of carbonyl (C=O) groups excluding carboxylic acids is 1. The van der Waals surface area contributed by atoms with Crippen molar-refractivity contribution in [3.05, 3.63) is 66.1 Å². The summed E-state index contributed by atoms with van der Waals surface area (Å²) >= 11 is 0. The van der Waals surface area contributed by atoms with Crippen LogP contribution in [0.4, 0.5) is 0 Å². The zero-order valence-electron chi connectivity index (χ0n) is 21.2. The molecule has 2 aliphatic carbocycles. The summed E-state index contributed by atoms with van der Waals surface area (Å²) in [6, 6.07) is 5.92. The molecule has 0 unspecified atom stereocenters. The number of phenols is 1. The number of hydrogen-bond donors (Lipinski definition) is 1. The summed E-state index contributed by atoms with van der Waals surface area (Å²) in [4.78, 5) is 18.3. The largest absolute Gasteiger partial charge is 0.508 e. The molecule has 5 atom stereocenters. The SMILES string of the molecule is C=CCN1CC[C@@]23c4c5ccc(O)c4C[C@@H]1[C@@H]2CC[C@H](N(CC(C)C)C(=O)/C=C/c1ccoc1)[C@@H]3O5. The van der Waals surface area contributed by atoms with Crippen molar-refractivity contribution in [1.82, 2.24) is 9.80 Å². The van der Waals surface area contributed by atoms with Crippen LogP contribution in [0.5, 0.6) is 11.5 Å². The van der Waals surface area contributed by atoms with Gasteiger partial charge < -0.3 is 19.2 Å². The summed E-state index contributed by atoms with van der Waals surface area (Å²) in [7, 11) is 0. The highest BCUT2D eigenvalue weighted by atomic mass is 16.5. The first-order valence-corrected chi connectivity index (χ1v) is 13.3. The molecule has 2 bridgehead atoms. The van der Waals surface area contributed by atoms with E-state index in [9.17, 15) is 9.90 Å². The maximum atomic E-state index is 13.7. The molecule has 1 saturated heterocycles. The van der Waals surface area contributed by atoms with Crippen LogP contribution >= 0.6 is 0 Å². The third kappa shape index (κ3) is 3.45. The lowest BCUT2D eigenvalue weighted by atomic mass is 9.51. The lowest BCUT2D eigenvalue weighted by Crippen LogP contribution is -2.69. The molecule has 1 saturated carbocycles. The zero-order valence-corrected chi connectivity index (χ0v) is 21.2. The van der Waals surface area contributed by atoms with Gasteiger partial charge in [0.1, 0.15) is 17.6 Å². The number of amides is 1. The van der Waals surface area contributed by atoms with Gasteiger partial charge in [-0.25, -0.2) is 0 Å². The lowest BCUT2D eigenvalue weighted by Gasteiger charge is -2.60. The van der Waals surface area contributed by atoms with Crippen molar-refractivity contribution in [1.29, 1.82) is 0 Å². The monoisotopic (exact) mass is 488 g/mol. The van der Waals surface area contributed by atoms with Gasteiger partial charge in [0, 0.05) is 47.3 Å². The fourth-order valence-electron chi connectivity index (χ4n) is 7.74. The Hall–Kier alpha value is -2.99. The van der Waals surface area contributed by atoms with E-state index < -0.39 is 0 Å². The number of phenolic OH excluding ortho intramolecular Hbond substituents is 1. The van der Waals surface area contributed by atoms with E-state index in [0.29, 0.717) is 30.2 Å². The number of benzene rings is 1. The minimum Gasteiger partial charge on any atom is -0.508 e. The van der Waals surface area contributed by atoms with Gasteiger partial charge >= 0.3 is 0 Å². The van der Waals surface area contributed by atoms with Gasteiger partial charge in [0.2, 0.25) is 5.91 Å². The highest BCUT2D eigenvalue weighted by molar-refractivity contribution is 5.92. The number of aromatic hydroxyl groups is 1. The number of likely N-dealkylation sites (tertiary alicyclic amines) is 1. The Bertz CT molecular complexity index is 1190. The van der Waals surface area contributed by atoms with Crippen LogP contribution in [0.1, 0.15) is 49.8 Å². The summed E-state index contributed by atoms with van der Waals surface area (Å²) in [5, 5.41) is 10.9. The molecule has 1 spiro atoms. The van der Waals surface area contributed by atoms with E-state index >= 15 is 0 Å². The predicted molar refractivity (Wildman–Crippen MR) is 139 cm³/mol. The molecule has 36 heavy (non-hydrogen) atoms. The van der Waals surface area contributed by atoms with E-state index in [2.05, 4.69) is 30.2 Å². The van der Waals surface area contributed by atoms with Crippen LogP contribution in [0.15, 0.2) is 53.9 Å². The number of nitrogens with zero attached hydrogens (tertiary/aromatic N) is 2. The molecule has 2 aromatic rings. The van der Waals surface area contributed by atoms with Crippen molar-refractivity contribution in [2.24, 2.45) is 11.8 Å². The maximum Gasteiger partial charge on any atom is 0.246 e. The molecule has 4 aliphatic rings. The Morgan fingerprint density at radius 1 is 1.33 bits per heavy atom. The van der Waals surface area contributed by atoms with E-state index in [1.807, 2.05) is 24.3 Å². The van der Waals surface area contributed by atoms with Crippen LogP contribution in [0.2, 0.25) is 0 Å². The quantitative estimate of drug-likeness (QED) is 0.449. The van der Waals surface area contributed by atoms with E-state index in [-0.39, 0.29) is 23.5 Å². The number of rotatable bonds is 7. The molecule has 1 amide bonds. The molecule has 1 aromatic carbocycles. The molecule has 3 heterocycles. The standard InChI is InChI=1S/C30H36N2O4/c1-4-13-31-14-12-30-22-6-7-23(32(17-19(2)3)27(34)10-5-20-11-15-35-18-20)29(30)36-26-9-8-25(33)21(28(26)30)16-24(22)31/h4-5,8-11,15,18-19,22-24,29,33H,1,6-7,12-14,16-17H2,2-3H3/b10-5+/t22-,23-,24+,29-,30-/m0/s1. The number of ether oxygens (including phenoxy) is 1. The minimum atomic E-state index is -0.170. The molecule has 1 N–H and O–H groups in total. The van der Waals surface area contributed by atoms with Crippen LogP contribution in [-0.2, 0) is 16.6 Å². The molecule has 6 nitrogen and oxygen atoms in total. The average Bonchev–Trinajstić information content (AvgIpc) is 3.49. The number of piperidine rings is 1. The maximum absolute atomic E-state index is 13.7. The van der Waals surface area contributed by atoms with Crippen molar-refractivity contribution in [3.63, 3.8) is 0 Å². The number of furan rings is 1. The normalized spacial score (nSPS) is 30.3. The van der Waals surface area contributed by atoms with E-state index in [1.54, 1.807) is 24.7 Å². The van der Waals surface area contributed by atoms with Gasteiger partial charge in [-0.2, -0.15) is 0 Å². The Balaban J connectivity index is 1.40. The third-order valence-electron chi connectivity index (χ3n) is 8.99. The summed E-state index contributed by atoms with van der Waals surface area (Å²) < 4.78 is 12.0. The fourth-order valence-corrected chi connectivity index (χ4v) is 7.74. The second kappa shape index (κ2) is 8.84. The molecule has 0 radical (unpaired) electrons. The van der Waals surface area contributed by atoms with Crippen molar-refractivity contribution in [2.75, 3.05) is 19.6 Å². The van der Waals surface area contributed by atoms with E-state index in [0.717, 1.165) is 55.6 Å². The summed E-state index contributed by atoms with van der Waals surface area (Å²) in [5.41, 5.74) is 2.98. The third-order valence-corrected chi connectivity index (χ3v) is 8.99. The first kappa shape index (κ1) is 23.4. The van der Waals surface area contributed by atoms with Crippen LogP contribution in [-0.4, -0.2) is 58.6 Å². The van der Waals surface area contributed by atoms with Gasteiger partial charge in [-0.1, -0.05) is 19.9 Å². The van der Waals surface area contributed by atoms with Gasteiger partial charge in [-0.15, -0.1) is 6.58 Å². The van der Waals surface area contributed by atoms with Gasteiger partial charge in [-0.05, 0) is 68.3 Å². The topological polar surface area (TPSA) is 66.2 Å². The molecule has 6 rings (SSSR count). The van der Waals surface area contributed by atoms with E-state index in [1.165, 1.54) is 5.56 Å². The highest BCUT2D eigenvalue weighted by Crippen LogP contribution is 2.63. The Kier molecular flexibility index (Phi) is 5.75. The number of carbonyl (C=O) groups is 1. The summed E-state index contributed by atoms with van der Waals surface area (Å²) in [5.74, 6) is 2.08. The molecular formula is C30H36N2O4. The van der Waals surface area contributed by atoms with Gasteiger partial charge in [0.25, 0.3) is 0 Å². The average molecular weight is 489 g/mol. The Morgan fingerprint density at radius 2 is 2.19 bits per heavy atom. The molecule has 6 heteroatoms.